The number of ether oxygens (including phenoxy) is 1. The smallest absolute Gasteiger partial charge is 0.0667 e. The molecule has 0 aliphatic carbocycles. The highest BCUT2D eigenvalue weighted by Crippen LogP contribution is 2.25. The molecule has 3 aromatic rings. The molecular formula is C28H36N2O. The predicted molar refractivity (Wildman–Crippen MR) is 133 cm³/mol. The van der Waals surface area contributed by atoms with Gasteiger partial charge in [-0.3, -0.25) is 0 Å². The molecule has 3 nitrogen and oxygen atoms in total. The van der Waals surface area contributed by atoms with Crippen LogP contribution in [-0.4, -0.2) is 19.8 Å². The molecule has 0 aliphatic heterocycles. The van der Waals surface area contributed by atoms with Crippen LogP contribution in [0.3, 0.4) is 0 Å². The summed E-state index contributed by atoms with van der Waals surface area (Å²) >= 11 is 0. The van der Waals surface area contributed by atoms with Crippen molar-refractivity contribution in [3.8, 4) is 0 Å². The molecule has 31 heavy (non-hydrogen) atoms. The Kier molecular flexibility index (Phi) is 7.75. The summed E-state index contributed by atoms with van der Waals surface area (Å²) in [7, 11) is 1.76. The van der Waals surface area contributed by atoms with Crippen LogP contribution in [0.1, 0.15) is 43.0 Å². The fraction of sp³-hybridized carbons (Fsp3) is 0.357. The van der Waals surface area contributed by atoms with Gasteiger partial charge in [-0.15, -0.1) is 0 Å². The van der Waals surface area contributed by atoms with Crippen LogP contribution in [0, 0.1) is 6.92 Å². The summed E-state index contributed by atoms with van der Waals surface area (Å²) in [5, 5.41) is 7.29. The van der Waals surface area contributed by atoms with Crippen LogP contribution >= 0.6 is 0 Å². The van der Waals surface area contributed by atoms with Gasteiger partial charge >= 0.3 is 0 Å². The molecule has 3 rings (SSSR count). The third-order valence-electron chi connectivity index (χ3n) is 5.56. The first kappa shape index (κ1) is 22.9. The van der Waals surface area contributed by atoms with Crippen molar-refractivity contribution in [2.75, 3.05) is 24.4 Å². The lowest BCUT2D eigenvalue weighted by molar-refractivity contribution is 0.185. The summed E-state index contributed by atoms with van der Waals surface area (Å²) in [5.41, 5.74) is 7.61. The molecular weight excluding hydrogens is 380 g/mol. The minimum Gasteiger partial charge on any atom is -0.383 e. The maximum atomic E-state index is 5.50. The molecule has 0 radical (unpaired) electrons. The van der Waals surface area contributed by atoms with Crippen LogP contribution in [0.5, 0.6) is 0 Å². The van der Waals surface area contributed by atoms with E-state index in [4.69, 9.17) is 4.74 Å². The van der Waals surface area contributed by atoms with E-state index in [-0.39, 0.29) is 11.5 Å². The molecule has 0 aromatic heterocycles. The zero-order valence-corrected chi connectivity index (χ0v) is 19.5. The highest BCUT2D eigenvalue weighted by molar-refractivity contribution is 5.69. The molecule has 164 valence electrons. The monoisotopic (exact) mass is 416 g/mol. The Hall–Kier alpha value is -2.78. The van der Waals surface area contributed by atoms with Crippen LogP contribution in [0.2, 0.25) is 0 Å². The van der Waals surface area contributed by atoms with Gasteiger partial charge in [0, 0.05) is 13.7 Å². The van der Waals surface area contributed by atoms with Crippen molar-refractivity contribution in [1.82, 2.24) is 0 Å². The van der Waals surface area contributed by atoms with E-state index >= 15 is 0 Å². The second kappa shape index (κ2) is 10.5. The summed E-state index contributed by atoms with van der Waals surface area (Å²) in [6, 6.07) is 26.2. The van der Waals surface area contributed by atoms with E-state index in [2.05, 4.69) is 111 Å². The van der Waals surface area contributed by atoms with Gasteiger partial charge in [0.15, 0.2) is 0 Å². The van der Waals surface area contributed by atoms with E-state index < -0.39 is 0 Å². The Bertz CT molecular complexity index is 940. The van der Waals surface area contributed by atoms with Gasteiger partial charge in [0.25, 0.3) is 0 Å². The molecule has 0 unspecified atom stereocenters. The van der Waals surface area contributed by atoms with Crippen molar-refractivity contribution in [3.05, 3.63) is 95.1 Å². The number of methoxy groups -OCH3 is 1. The van der Waals surface area contributed by atoms with Crippen LogP contribution in [0.4, 0.5) is 11.4 Å². The van der Waals surface area contributed by atoms with E-state index in [9.17, 15) is 0 Å². The first-order valence-electron chi connectivity index (χ1n) is 11.1. The van der Waals surface area contributed by atoms with E-state index in [0.717, 1.165) is 24.3 Å². The van der Waals surface area contributed by atoms with Crippen LogP contribution in [0.25, 0.3) is 0 Å². The molecule has 0 spiro atoms. The molecule has 3 aromatic carbocycles. The number of hydrogen-bond acceptors (Lipinski definition) is 3. The number of rotatable bonds is 9. The molecule has 0 bridgehead atoms. The van der Waals surface area contributed by atoms with Gasteiger partial charge in [0.1, 0.15) is 0 Å². The number of anilines is 2. The molecule has 3 heteroatoms. The van der Waals surface area contributed by atoms with E-state index in [1.54, 1.807) is 7.11 Å². The Balaban J connectivity index is 1.67. The summed E-state index contributed by atoms with van der Waals surface area (Å²) < 4.78 is 5.50. The SMILES string of the molecule is COC[C@H](Cc1ccc(C)cc1)Nc1ccccc1NCc1ccc(C(C)(C)C)cc1. The Morgan fingerprint density at radius 2 is 1.42 bits per heavy atom. The Labute approximate surface area is 187 Å². The average molecular weight is 417 g/mol. The fourth-order valence-electron chi connectivity index (χ4n) is 3.66. The number of benzene rings is 3. The van der Waals surface area contributed by atoms with Gasteiger partial charge in [-0.1, -0.05) is 87.0 Å². The lowest BCUT2D eigenvalue weighted by Gasteiger charge is -2.22. The second-order valence-electron chi connectivity index (χ2n) is 9.33. The summed E-state index contributed by atoms with van der Waals surface area (Å²) in [6.07, 6.45) is 0.913. The first-order chi connectivity index (χ1) is 14.8. The van der Waals surface area contributed by atoms with Crippen LogP contribution in [-0.2, 0) is 23.1 Å². The van der Waals surface area contributed by atoms with Crippen molar-refractivity contribution < 1.29 is 4.74 Å². The quantitative estimate of drug-likeness (QED) is 0.414. The largest absolute Gasteiger partial charge is 0.383 e. The molecule has 0 aliphatic rings. The van der Waals surface area contributed by atoms with Gasteiger partial charge < -0.3 is 15.4 Å². The zero-order chi connectivity index (χ0) is 22.3. The molecule has 0 amide bonds. The summed E-state index contributed by atoms with van der Waals surface area (Å²) in [4.78, 5) is 0. The Morgan fingerprint density at radius 3 is 2.03 bits per heavy atom. The third kappa shape index (κ3) is 6.86. The lowest BCUT2D eigenvalue weighted by atomic mass is 9.87. The van der Waals surface area contributed by atoms with Crippen molar-refractivity contribution in [2.24, 2.45) is 0 Å². The zero-order valence-electron chi connectivity index (χ0n) is 19.5. The van der Waals surface area contributed by atoms with Crippen molar-refractivity contribution >= 4 is 11.4 Å². The number of para-hydroxylation sites is 2. The third-order valence-corrected chi connectivity index (χ3v) is 5.56. The topological polar surface area (TPSA) is 33.3 Å². The molecule has 0 heterocycles. The molecule has 2 N–H and O–H groups in total. The molecule has 1 atom stereocenters. The first-order valence-corrected chi connectivity index (χ1v) is 11.1. The van der Waals surface area contributed by atoms with Gasteiger partial charge in [-0.25, -0.2) is 0 Å². The molecule has 0 saturated heterocycles. The van der Waals surface area contributed by atoms with Crippen molar-refractivity contribution in [2.45, 2.75) is 52.1 Å². The number of nitrogens with one attached hydrogen (secondary N) is 2. The van der Waals surface area contributed by atoms with E-state index in [0.29, 0.717) is 6.61 Å². The van der Waals surface area contributed by atoms with Crippen LogP contribution < -0.4 is 10.6 Å². The summed E-state index contributed by atoms with van der Waals surface area (Å²) in [6.45, 7) is 10.3. The maximum Gasteiger partial charge on any atom is 0.0667 e. The van der Waals surface area contributed by atoms with Gasteiger partial charge in [0.2, 0.25) is 0 Å². The minimum absolute atomic E-state index is 0.177. The fourth-order valence-corrected chi connectivity index (χ4v) is 3.66. The van der Waals surface area contributed by atoms with Crippen LogP contribution in [0.15, 0.2) is 72.8 Å². The average Bonchev–Trinajstić information content (AvgIpc) is 2.74. The highest BCUT2D eigenvalue weighted by Gasteiger charge is 2.14. The summed E-state index contributed by atoms with van der Waals surface area (Å²) in [5.74, 6) is 0. The number of hydrogen-bond donors (Lipinski definition) is 2. The highest BCUT2D eigenvalue weighted by atomic mass is 16.5. The lowest BCUT2D eigenvalue weighted by Crippen LogP contribution is -2.28. The number of aryl methyl sites for hydroxylation is 1. The normalized spacial score (nSPS) is 12.4. The van der Waals surface area contributed by atoms with Gasteiger partial charge in [-0.2, -0.15) is 0 Å². The van der Waals surface area contributed by atoms with Crippen molar-refractivity contribution in [3.63, 3.8) is 0 Å². The maximum absolute atomic E-state index is 5.50. The molecule has 0 fully saturated rings. The van der Waals surface area contributed by atoms with Gasteiger partial charge in [0.05, 0.1) is 24.0 Å². The second-order valence-corrected chi connectivity index (χ2v) is 9.33. The van der Waals surface area contributed by atoms with Gasteiger partial charge in [-0.05, 0) is 47.6 Å². The predicted octanol–water partition coefficient (Wildman–Crippen LogP) is 6.57. The Morgan fingerprint density at radius 1 is 0.806 bits per heavy atom. The standard InChI is InChI=1S/C28H36N2O/c1-21-10-12-22(13-11-21)18-25(20-31-5)30-27-9-7-6-8-26(27)29-19-23-14-16-24(17-15-23)28(2,3)4/h6-17,25,29-30H,18-20H2,1-5H3/t25-/m0/s1. The van der Waals surface area contributed by atoms with E-state index in [1.165, 1.54) is 22.3 Å². The minimum atomic E-state index is 0.177. The molecule has 0 saturated carbocycles. The van der Waals surface area contributed by atoms with Crippen molar-refractivity contribution in [1.29, 1.82) is 0 Å². The van der Waals surface area contributed by atoms with E-state index in [1.807, 2.05) is 0 Å².